The highest BCUT2D eigenvalue weighted by atomic mass is 16.5. The van der Waals surface area contributed by atoms with E-state index in [1.54, 1.807) is 54.6 Å². The maximum absolute atomic E-state index is 12.7. The molecular weight excluding hydrogens is 386 g/mol. The molecule has 0 saturated carbocycles. The van der Waals surface area contributed by atoms with Crippen molar-refractivity contribution < 1.29 is 23.5 Å². The number of carbonyl (C=O) groups is 2. The van der Waals surface area contributed by atoms with Crippen LogP contribution in [0.15, 0.2) is 64.1 Å². The molecule has 154 valence electrons. The molecule has 3 rings (SSSR count). The Hall–Kier alpha value is -4.07. The summed E-state index contributed by atoms with van der Waals surface area (Å²) in [4.78, 5) is 25.2. The average molecular weight is 407 g/mol. The summed E-state index contributed by atoms with van der Waals surface area (Å²) in [6, 6.07) is 15.0. The molecular formula is C22H21N3O5. The number of hydrogen-bond donors (Lipinski definition) is 2. The van der Waals surface area contributed by atoms with E-state index in [9.17, 15) is 9.59 Å². The van der Waals surface area contributed by atoms with Crippen molar-refractivity contribution in [1.29, 1.82) is 0 Å². The summed E-state index contributed by atoms with van der Waals surface area (Å²) < 4.78 is 15.8. The van der Waals surface area contributed by atoms with Gasteiger partial charge in [-0.1, -0.05) is 12.1 Å². The second-order valence-corrected chi connectivity index (χ2v) is 6.22. The Labute approximate surface area is 173 Å². The lowest BCUT2D eigenvalue weighted by Gasteiger charge is -2.12. The molecule has 0 bridgehead atoms. The van der Waals surface area contributed by atoms with Crippen LogP contribution in [0.1, 0.15) is 32.2 Å². The van der Waals surface area contributed by atoms with E-state index in [2.05, 4.69) is 15.8 Å². The number of methoxy groups -OCH3 is 2. The largest absolute Gasteiger partial charge is 0.493 e. The number of furan rings is 1. The highest BCUT2D eigenvalue weighted by molar-refractivity contribution is 6.09. The van der Waals surface area contributed by atoms with Gasteiger partial charge in [-0.2, -0.15) is 5.10 Å². The molecule has 1 heterocycles. The topological polar surface area (TPSA) is 102 Å². The van der Waals surface area contributed by atoms with Gasteiger partial charge in [0.25, 0.3) is 11.8 Å². The minimum Gasteiger partial charge on any atom is -0.493 e. The van der Waals surface area contributed by atoms with Crippen LogP contribution in [0.3, 0.4) is 0 Å². The molecule has 8 nitrogen and oxygen atoms in total. The molecule has 0 spiro atoms. The fourth-order valence-corrected chi connectivity index (χ4v) is 2.70. The third kappa shape index (κ3) is 4.85. The Bertz CT molecular complexity index is 1090. The number of para-hydroxylation sites is 1. The molecule has 0 aliphatic carbocycles. The standard InChI is InChI=1S/C22H21N3O5/c1-14-8-10-16(30-14)13-23-25-22(27)17-6-4-5-7-18(17)24-21(26)15-9-11-19(28-2)20(12-15)29-3/h4-13H,1-3H3,(H,24,26)(H,25,27)/b23-13+. The van der Waals surface area contributed by atoms with Gasteiger partial charge >= 0.3 is 0 Å². The van der Waals surface area contributed by atoms with Gasteiger partial charge in [-0.25, -0.2) is 5.43 Å². The van der Waals surface area contributed by atoms with E-state index in [1.807, 2.05) is 6.92 Å². The Kier molecular flexibility index (Phi) is 6.49. The molecule has 0 saturated heterocycles. The lowest BCUT2D eigenvalue weighted by Crippen LogP contribution is -2.21. The van der Waals surface area contributed by atoms with Crippen molar-refractivity contribution >= 4 is 23.7 Å². The number of hydrogen-bond acceptors (Lipinski definition) is 6. The lowest BCUT2D eigenvalue weighted by atomic mass is 10.1. The molecule has 0 fully saturated rings. The second kappa shape index (κ2) is 9.42. The van der Waals surface area contributed by atoms with Crippen molar-refractivity contribution in [3.8, 4) is 11.5 Å². The van der Waals surface area contributed by atoms with Crippen LogP contribution in [-0.4, -0.2) is 32.2 Å². The number of anilines is 1. The van der Waals surface area contributed by atoms with Gasteiger partial charge in [-0.15, -0.1) is 0 Å². The van der Waals surface area contributed by atoms with Crippen LogP contribution in [0.25, 0.3) is 0 Å². The summed E-state index contributed by atoms with van der Waals surface area (Å²) in [5, 5.41) is 6.63. The highest BCUT2D eigenvalue weighted by Crippen LogP contribution is 2.28. The number of hydrazone groups is 1. The van der Waals surface area contributed by atoms with E-state index in [4.69, 9.17) is 13.9 Å². The monoisotopic (exact) mass is 407 g/mol. The zero-order chi connectivity index (χ0) is 21.5. The second-order valence-electron chi connectivity index (χ2n) is 6.22. The van der Waals surface area contributed by atoms with Gasteiger partial charge in [-0.3, -0.25) is 9.59 Å². The van der Waals surface area contributed by atoms with Gasteiger partial charge < -0.3 is 19.2 Å². The summed E-state index contributed by atoms with van der Waals surface area (Å²) in [5.41, 5.74) is 3.39. The van der Waals surface area contributed by atoms with Crippen LogP contribution in [0.5, 0.6) is 11.5 Å². The molecule has 8 heteroatoms. The third-order valence-electron chi connectivity index (χ3n) is 4.18. The first-order valence-electron chi connectivity index (χ1n) is 9.04. The number of nitrogens with zero attached hydrogens (tertiary/aromatic N) is 1. The summed E-state index contributed by atoms with van der Waals surface area (Å²) in [7, 11) is 3.01. The Balaban J connectivity index is 1.74. The van der Waals surface area contributed by atoms with Crippen LogP contribution in [0, 0.1) is 6.92 Å². The van der Waals surface area contributed by atoms with E-state index >= 15 is 0 Å². The summed E-state index contributed by atoms with van der Waals surface area (Å²) >= 11 is 0. The summed E-state index contributed by atoms with van der Waals surface area (Å²) in [6.45, 7) is 1.81. The Morgan fingerprint density at radius 2 is 1.73 bits per heavy atom. The molecule has 30 heavy (non-hydrogen) atoms. The van der Waals surface area contributed by atoms with Gasteiger partial charge in [0.15, 0.2) is 11.5 Å². The molecule has 3 aromatic rings. The maximum atomic E-state index is 12.7. The van der Waals surface area contributed by atoms with Crippen molar-refractivity contribution in [2.45, 2.75) is 6.92 Å². The predicted molar refractivity (Wildman–Crippen MR) is 112 cm³/mol. The minimum absolute atomic E-state index is 0.263. The van der Waals surface area contributed by atoms with Crippen LogP contribution in [0.4, 0.5) is 5.69 Å². The first kappa shape index (κ1) is 20.7. The van der Waals surface area contributed by atoms with Gasteiger partial charge in [0, 0.05) is 5.56 Å². The SMILES string of the molecule is COc1ccc(C(=O)Nc2ccccc2C(=O)N/N=C/c2ccc(C)o2)cc1OC. The number of rotatable bonds is 7. The summed E-state index contributed by atoms with van der Waals surface area (Å²) in [5.74, 6) is 1.33. The molecule has 1 aromatic heterocycles. The smallest absolute Gasteiger partial charge is 0.273 e. The number of nitrogens with one attached hydrogen (secondary N) is 2. The molecule has 0 radical (unpaired) electrons. The van der Waals surface area contributed by atoms with Gasteiger partial charge in [0.05, 0.1) is 31.7 Å². The highest BCUT2D eigenvalue weighted by Gasteiger charge is 2.15. The van der Waals surface area contributed by atoms with E-state index in [0.29, 0.717) is 28.5 Å². The third-order valence-corrected chi connectivity index (χ3v) is 4.18. The minimum atomic E-state index is -0.474. The van der Waals surface area contributed by atoms with Crippen LogP contribution in [0.2, 0.25) is 0 Å². The number of amides is 2. The molecule has 0 aliphatic rings. The van der Waals surface area contributed by atoms with Crippen molar-refractivity contribution in [3.05, 3.63) is 77.2 Å². The Morgan fingerprint density at radius 3 is 2.43 bits per heavy atom. The number of ether oxygens (including phenoxy) is 2. The quantitative estimate of drug-likeness (QED) is 0.460. The fraction of sp³-hybridized carbons (Fsp3) is 0.136. The maximum Gasteiger partial charge on any atom is 0.273 e. The van der Waals surface area contributed by atoms with Gasteiger partial charge in [0.1, 0.15) is 11.5 Å². The van der Waals surface area contributed by atoms with E-state index in [1.165, 1.54) is 20.4 Å². The fourth-order valence-electron chi connectivity index (χ4n) is 2.70. The Morgan fingerprint density at radius 1 is 0.967 bits per heavy atom. The predicted octanol–water partition coefficient (Wildman–Crippen LogP) is 3.62. The normalized spacial score (nSPS) is 10.6. The lowest BCUT2D eigenvalue weighted by molar-refractivity contribution is 0.0956. The van der Waals surface area contributed by atoms with Crippen molar-refractivity contribution in [2.24, 2.45) is 5.10 Å². The number of benzene rings is 2. The first-order valence-corrected chi connectivity index (χ1v) is 9.04. The molecule has 0 aliphatic heterocycles. The molecule has 2 amide bonds. The zero-order valence-corrected chi connectivity index (χ0v) is 16.8. The summed E-state index contributed by atoms with van der Waals surface area (Å²) in [6.07, 6.45) is 1.40. The van der Waals surface area contributed by atoms with Gasteiger partial charge in [0.2, 0.25) is 0 Å². The number of aryl methyl sites for hydroxylation is 1. The molecule has 0 atom stereocenters. The van der Waals surface area contributed by atoms with Crippen LogP contribution in [-0.2, 0) is 0 Å². The van der Waals surface area contributed by atoms with E-state index in [0.717, 1.165) is 5.76 Å². The van der Waals surface area contributed by atoms with Crippen LogP contribution >= 0.6 is 0 Å². The van der Waals surface area contributed by atoms with Crippen LogP contribution < -0.4 is 20.2 Å². The molecule has 2 aromatic carbocycles. The molecule has 0 unspecified atom stereocenters. The molecule has 2 N–H and O–H groups in total. The van der Waals surface area contributed by atoms with Crippen molar-refractivity contribution in [1.82, 2.24) is 5.43 Å². The first-order chi connectivity index (χ1) is 14.5. The van der Waals surface area contributed by atoms with Gasteiger partial charge in [-0.05, 0) is 49.4 Å². The number of carbonyl (C=O) groups excluding carboxylic acids is 2. The average Bonchev–Trinajstić information content (AvgIpc) is 3.18. The van der Waals surface area contributed by atoms with E-state index < -0.39 is 11.8 Å². The van der Waals surface area contributed by atoms with Crippen molar-refractivity contribution in [3.63, 3.8) is 0 Å². The zero-order valence-electron chi connectivity index (χ0n) is 16.8. The van der Waals surface area contributed by atoms with E-state index in [-0.39, 0.29) is 5.56 Å². The van der Waals surface area contributed by atoms with Crippen molar-refractivity contribution in [2.75, 3.05) is 19.5 Å².